The zero-order chi connectivity index (χ0) is 14.7. The van der Waals surface area contributed by atoms with Gasteiger partial charge in [-0.25, -0.2) is 4.79 Å². The molecular formula is C10H13F3O5S. The molecule has 0 radical (unpaired) electrons. The van der Waals surface area contributed by atoms with Crippen LogP contribution in [0.3, 0.4) is 0 Å². The van der Waals surface area contributed by atoms with E-state index in [4.69, 9.17) is 5.11 Å². The van der Waals surface area contributed by atoms with Gasteiger partial charge in [0.1, 0.15) is 5.76 Å². The highest BCUT2D eigenvalue weighted by molar-refractivity contribution is 7.87. The number of alkyl halides is 3. The van der Waals surface area contributed by atoms with E-state index in [9.17, 15) is 26.4 Å². The van der Waals surface area contributed by atoms with Crippen LogP contribution in [0.5, 0.6) is 0 Å². The largest absolute Gasteiger partial charge is 0.534 e. The molecule has 19 heavy (non-hydrogen) atoms. The third kappa shape index (κ3) is 4.12. The fraction of sp³-hybridized carbons (Fsp3) is 0.700. The Kier molecular flexibility index (Phi) is 4.83. The Balaban J connectivity index is 3.10. The Morgan fingerprint density at radius 2 is 1.63 bits per heavy atom. The molecule has 0 heterocycles. The number of aliphatic carboxylic acids is 1. The minimum Gasteiger partial charge on any atom is -0.478 e. The van der Waals surface area contributed by atoms with Crippen molar-refractivity contribution in [3.8, 4) is 0 Å². The first-order chi connectivity index (χ1) is 8.65. The zero-order valence-corrected chi connectivity index (χ0v) is 10.7. The van der Waals surface area contributed by atoms with E-state index in [1.165, 1.54) is 0 Å². The first-order valence-electron chi connectivity index (χ1n) is 5.61. The first kappa shape index (κ1) is 15.8. The Labute approximate surface area is 108 Å². The molecule has 0 aromatic rings. The number of carboxylic acids is 1. The van der Waals surface area contributed by atoms with Gasteiger partial charge in [-0.2, -0.15) is 21.6 Å². The molecule has 9 heteroatoms. The van der Waals surface area contributed by atoms with E-state index in [0.29, 0.717) is 19.3 Å². The minimum atomic E-state index is -5.81. The second-order valence-electron chi connectivity index (χ2n) is 4.10. The van der Waals surface area contributed by atoms with Crippen molar-refractivity contribution in [2.45, 2.75) is 44.0 Å². The number of halogens is 3. The summed E-state index contributed by atoms with van der Waals surface area (Å²) in [4.78, 5) is 11.0. The Morgan fingerprint density at radius 3 is 2.11 bits per heavy atom. The lowest BCUT2D eigenvalue weighted by molar-refractivity contribution is -0.133. The second kappa shape index (κ2) is 5.81. The van der Waals surface area contributed by atoms with E-state index in [1.54, 1.807) is 0 Å². The number of rotatable bonds is 3. The predicted molar refractivity (Wildman–Crippen MR) is 58.4 cm³/mol. The molecule has 0 saturated heterocycles. The molecule has 1 rings (SSSR count). The lowest BCUT2D eigenvalue weighted by Gasteiger charge is -2.17. The third-order valence-electron chi connectivity index (χ3n) is 2.67. The van der Waals surface area contributed by atoms with Crippen molar-refractivity contribution in [3.63, 3.8) is 0 Å². The van der Waals surface area contributed by atoms with Gasteiger partial charge in [0, 0.05) is 6.42 Å². The van der Waals surface area contributed by atoms with Crippen LogP contribution >= 0.6 is 0 Å². The molecule has 0 fully saturated rings. The van der Waals surface area contributed by atoms with Crippen LogP contribution in [0.2, 0.25) is 0 Å². The first-order valence-corrected chi connectivity index (χ1v) is 7.02. The van der Waals surface area contributed by atoms with E-state index in [1.807, 2.05) is 0 Å². The summed E-state index contributed by atoms with van der Waals surface area (Å²) >= 11 is 0. The molecular weight excluding hydrogens is 289 g/mol. The lowest BCUT2D eigenvalue weighted by atomic mass is 9.99. The van der Waals surface area contributed by atoms with Gasteiger partial charge in [0.05, 0.1) is 5.57 Å². The highest BCUT2D eigenvalue weighted by Crippen LogP contribution is 2.31. The van der Waals surface area contributed by atoms with Gasteiger partial charge in [-0.3, -0.25) is 0 Å². The Hall–Kier alpha value is -1.25. The number of hydrogen-bond acceptors (Lipinski definition) is 4. The maximum absolute atomic E-state index is 12.2. The number of carbonyl (C=O) groups is 1. The molecule has 0 atom stereocenters. The molecule has 0 bridgehead atoms. The van der Waals surface area contributed by atoms with Crippen molar-refractivity contribution in [1.29, 1.82) is 0 Å². The van der Waals surface area contributed by atoms with Gasteiger partial charge in [0.2, 0.25) is 0 Å². The third-order valence-corrected chi connectivity index (χ3v) is 3.66. The molecule has 0 saturated carbocycles. The van der Waals surface area contributed by atoms with Crippen LogP contribution < -0.4 is 0 Å². The minimum absolute atomic E-state index is 0.00194. The fourth-order valence-electron chi connectivity index (χ4n) is 1.73. The molecule has 0 aromatic heterocycles. The van der Waals surface area contributed by atoms with E-state index in [0.717, 1.165) is 6.42 Å². The number of hydrogen-bond donors (Lipinski definition) is 1. The topological polar surface area (TPSA) is 80.7 Å². The highest BCUT2D eigenvalue weighted by Gasteiger charge is 2.49. The highest BCUT2D eigenvalue weighted by atomic mass is 32.2. The van der Waals surface area contributed by atoms with Crippen molar-refractivity contribution < 1.29 is 35.7 Å². The molecule has 0 unspecified atom stereocenters. The molecule has 0 spiro atoms. The summed E-state index contributed by atoms with van der Waals surface area (Å²) < 4.78 is 62.5. The van der Waals surface area contributed by atoms with E-state index in [-0.39, 0.29) is 12.8 Å². The van der Waals surface area contributed by atoms with Gasteiger partial charge < -0.3 is 9.29 Å². The molecule has 0 aromatic carbocycles. The smallest absolute Gasteiger partial charge is 0.478 e. The van der Waals surface area contributed by atoms with Crippen molar-refractivity contribution >= 4 is 16.1 Å². The van der Waals surface area contributed by atoms with Gasteiger partial charge in [0.25, 0.3) is 0 Å². The van der Waals surface area contributed by atoms with Crippen LogP contribution in [-0.4, -0.2) is 25.0 Å². The average molecular weight is 302 g/mol. The van der Waals surface area contributed by atoms with Crippen LogP contribution in [0.25, 0.3) is 0 Å². The van der Waals surface area contributed by atoms with Crippen LogP contribution in [0.15, 0.2) is 11.3 Å². The molecule has 1 aliphatic rings. The summed E-state index contributed by atoms with van der Waals surface area (Å²) in [5.41, 5.74) is -5.96. The Morgan fingerprint density at radius 1 is 1.11 bits per heavy atom. The van der Waals surface area contributed by atoms with Gasteiger partial charge >= 0.3 is 21.6 Å². The van der Waals surface area contributed by atoms with Gasteiger partial charge in [-0.05, 0) is 19.3 Å². The SMILES string of the molecule is O=C(O)C1=C(OS(=O)(=O)C(F)(F)F)CCCCCC1. The van der Waals surface area contributed by atoms with E-state index in [2.05, 4.69) is 4.18 Å². The summed E-state index contributed by atoms with van der Waals surface area (Å²) in [5.74, 6) is -2.06. The summed E-state index contributed by atoms with van der Waals surface area (Å²) in [6, 6.07) is 0. The summed E-state index contributed by atoms with van der Waals surface area (Å²) in [6.07, 6.45) is 2.16. The lowest BCUT2D eigenvalue weighted by Crippen LogP contribution is -2.26. The van der Waals surface area contributed by atoms with Gasteiger partial charge in [0.15, 0.2) is 0 Å². The zero-order valence-electron chi connectivity index (χ0n) is 9.86. The summed E-state index contributed by atoms with van der Waals surface area (Å²) in [5, 5.41) is 8.91. The van der Waals surface area contributed by atoms with E-state index >= 15 is 0 Å². The normalized spacial score (nSPS) is 18.7. The number of carboxylic acid groups (broad SMARTS) is 1. The maximum Gasteiger partial charge on any atom is 0.534 e. The van der Waals surface area contributed by atoms with Crippen LogP contribution in [-0.2, 0) is 19.1 Å². The van der Waals surface area contributed by atoms with Crippen molar-refractivity contribution in [1.82, 2.24) is 0 Å². The number of allylic oxidation sites excluding steroid dienone is 1. The predicted octanol–water partition coefficient (Wildman–Crippen LogP) is 2.55. The van der Waals surface area contributed by atoms with Gasteiger partial charge in [-0.15, -0.1) is 0 Å². The Bertz CT molecular complexity index is 478. The summed E-state index contributed by atoms with van der Waals surface area (Å²) in [7, 11) is -5.81. The molecule has 0 amide bonds. The standard InChI is InChI=1S/C10H13F3O5S/c11-10(12,13)19(16,17)18-8-6-4-2-1-3-5-7(8)9(14)15/h1-6H2,(H,14,15). The molecule has 5 nitrogen and oxygen atoms in total. The van der Waals surface area contributed by atoms with Crippen LogP contribution in [0.1, 0.15) is 38.5 Å². The molecule has 0 aliphatic heterocycles. The van der Waals surface area contributed by atoms with Crippen molar-refractivity contribution in [2.75, 3.05) is 0 Å². The van der Waals surface area contributed by atoms with Crippen molar-refractivity contribution in [2.24, 2.45) is 0 Å². The molecule has 1 N–H and O–H groups in total. The average Bonchev–Trinajstić information content (AvgIpc) is 2.19. The molecule has 1 aliphatic carbocycles. The quantitative estimate of drug-likeness (QED) is 0.640. The fourth-order valence-corrected chi connectivity index (χ4v) is 2.27. The van der Waals surface area contributed by atoms with Gasteiger partial charge in [-0.1, -0.05) is 12.8 Å². The second-order valence-corrected chi connectivity index (χ2v) is 5.64. The monoisotopic (exact) mass is 302 g/mol. The maximum atomic E-state index is 12.2. The van der Waals surface area contributed by atoms with E-state index < -0.39 is 32.9 Å². The molecule has 110 valence electrons. The van der Waals surface area contributed by atoms with Crippen LogP contribution in [0.4, 0.5) is 13.2 Å². The van der Waals surface area contributed by atoms with Crippen LogP contribution in [0, 0.1) is 0 Å². The van der Waals surface area contributed by atoms with Crippen molar-refractivity contribution in [3.05, 3.63) is 11.3 Å². The summed E-state index contributed by atoms with van der Waals surface area (Å²) in [6.45, 7) is 0.